The van der Waals surface area contributed by atoms with Gasteiger partial charge in [-0.15, -0.1) is 0 Å². The number of quaternary nitrogens is 1. The highest BCUT2D eigenvalue weighted by Gasteiger charge is 2.48. The molecule has 0 spiro atoms. The molecule has 0 bridgehead atoms. The van der Waals surface area contributed by atoms with Crippen LogP contribution in [0.15, 0.2) is 29.2 Å². The molecule has 0 aromatic heterocycles. The number of rotatable bonds is 3. The van der Waals surface area contributed by atoms with E-state index in [0.717, 1.165) is 16.8 Å². The fraction of sp³-hybridized carbons (Fsp3) is 0.357. The monoisotopic (exact) mass is 341 g/mol. The van der Waals surface area contributed by atoms with Crippen LogP contribution in [0.4, 0.5) is 9.59 Å². The molecule has 0 radical (unpaired) electrons. The van der Waals surface area contributed by atoms with E-state index in [-0.39, 0.29) is 0 Å². The minimum absolute atomic E-state index is 0.475. The van der Waals surface area contributed by atoms with Crippen molar-refractivity contribution in [3.05, 3.63) is 24.3 Å². The zero-order valence-electron chi connectivity index (χ0n) is 13.7. The van der Waals surface area contributed by atoms with E-state index in [1.165, 1.54) is 33.2 Å². The second-order valence-corrected chi connectivity index (χ2v) is 5.76. The second-order valence-electron chi connectivity index (χ2n) is 4.88. The second kappa shape index (κ2) is 7.84. The molecule has 1 rings (SSSR count). The lowest BCUT2D eigenvalue weighted by Crippen LogP contribution is -2.63. The third-order valence-corrected chi connectivity index (χ3v) is 3.87. The standard InChI is InChI=1S/C14H20N4O4S/c1-17(2)14(20)18(3,12(15)22-5)13(19)16-23-11-8-6-10(21-4)7-9-11/h6-9,15H,1-5H3/p+1. The third kappa shape index (κ3) is 4.14. The van der Waals surface area contributed by atoms with Crippen LogP contribution in [0.3, 0.4) is 0 Å². The molecule has 1 unspecified atom stereocenters. The highest BCUT2D eigenvalue weighted by molar-refractivity contribution is 7.98. The molecule has 9 heteroatoms. The van der Waals surface area contributed by atoms with Gasteiger partial charge in [-0.3, -0.25) is 4.90 Å². The van der Waals surface area contributed by atoms with E-state index in [1.807, 2.05) is 0 Å². The van der Waals surface area contributed by atoms with Crippen LogP contribution < -0.4 is 9.46 Å². The summed E-state index contributed by atoms with van der Waals surface area (Å²) < 4.78 is 11.5. The lowest BCUT2D eigenvalue weighted by molar-refractivity contribution is -0.662. The summed E-state index contributed by atoms with van der Waals surface area (Å²) in [6.07, 6.45) is 0. The Hall–Kier alpha value is -2.26. The molecule has 0 heterocycles. The largest absolute Gasteiger partial charge is 0.497 e. The third-order valence-electron chi connectivity index (χ3n) is 3.09. The van der Waals surface area contributed by atoms with Gasteiger partial charge in [-0.2, -0.15) is 0 Å². The average molecular weight is 341 g/mol. The molecule has 1 atom stereocenters. The van der Waals surface area contributed by atoms with E-state index < -0.39 is 22.6 Å². The Balaban J connectivity index is 2.89. The zero-order valence-corrected chi connectivity index (χ0v) is 14.6. The van der Waals surface area contributed by atoms with Crippen LogP contribution in [0.25, 0.3) is 0 Å². The highest BCUT2D eigenvalue weighted by atomic mass is 32.2. The topological polar surface area (TPSA) is 91.7 Å². The van der Waals surface area contributed by atoms with Crippen LogP contribution in [-0.4, -0.2) is 62.8 Å². The molecule has 2 N–H and O–H groups in total. The van der Waals surface area contributed by atoms with Crippen molar-refractivity contribution in [2.24, 2.45) is 0 Å². The van der Waals surface area contributed by atoms with Crippen molar-refractivity contribution < 1.29 is 23.5 Å². The van der Waals surface area contributed by atoms with E-state index in [9.17, 15) is 9.59 Å². The normalized spacial score (nSPS) is 12.7. The number of amides is 4. The van der Waals surface area contributed by atoms with Crippen molar-refractivity contribution in [3.63, 3.8) is 0 Å². The molecule has 1 aromatic carbocycles. The summed E-state index contributed by atoms with van der Waals surface area (Å²) >= 11 is 1.04. The summed E-state index contributed by atoms with van der Waals surface area (Å²) in [6.45, 7) is 0. The van der Waals surface area contributed by atoms with Crippen LogP contribution in [0.2, 0.25) is 0 Å². The van der Waals surface area contributed by atoms with Crippen LogP contribution in [0.1, 0.15) is 0 Å². The first-order valence-corrected chi connectivity index (χ1v) is 7.42. The van der Waals surface area contributed by atoms with Gasteiger partial charge in [-0.1, -0.05) is 4.48 Å². The number of hydrogen-bond acceptors (Lipinski definition) is 6. The number of carbonyl (C=O) groups excluding carboxylic acids is 2. The molecular formula is C14H21N4O4S+. The summed E-state index contributed by atoms with van der Waals surface area (Å²) in [6, 6.07) is 5.29. The SMILES string of the molecule is COC(=N)[N+](C)(C(=O)NSc1ccc(OC)cc1)C(=O)N(C)C. The van der Waals surface area contributed by atoms with E-state index >= 15 is 0 Å². The van der Waals surface area contributed by atoms with Crippen molar-refractivity contribution >= 4 is 30.0 Å². The molecular weight excluding hydrogens is 320 g/mol. The fourth-order valence-corrected chi connectivity index (χ4v) is 2.35. The molecule has 1 aromatic rings. The van der Waals surface area contributed by atoms with Gasteiger partial charge in [0.2, 0.25) is 0 Å². The summed E-state index contributed by atoms with van der Waals surface area (Å²) in [4.78, 5) is 26.7. The maximum absolute atomic E-state index is 12.5. The van der Waals surface area contributed by atoms with E-state index in [4.69, 9.17) is 14.9 Å². The molecule has 126 valence electrons. The molecule has 0 aliphatic carbocycles. The molecule has 0 aliphatic heterocycles. The number of urea groups is 2. The Morgan fingerprint density at radius 1 is 1.22 bits per heavy atom. The number of ether oxygens (including phenoxy) is 2. The number of nitrogens with one attached hydrogen (secondary N) is 2. The van der Waals surface area contributed by atoms with Gasteiger partial charge < -0.3 is 9.47 Å². The lowest BCUT2D eigenvalue weighted by Gasteiger charge is -2.28. The van der Waals surface area contributed by atoms with Gasteiger partial charge in [0, 0.05) is 19.0 Å². The molecule has 0 fully saturated rings. The van der Waals surface area contributed by atoms with Gasteiger partial charge in [0.05, 0.1) is 21.3 Å². The Morgan fingerprint density at radius 2 is 1.78 bits per heavy atom. The van der Waals surface area contributed by atoms with Gasteiger partial charge >= 0.3 is 18.1 Å². The van der Waals surface area contributed by atoms with Gasteiger partial charge in [-0.05, 0) is 36.2 Å². The highest BCUT2D eigenvalue weighted by Crippen LogP contribution is 2.20. The minimum atomic E-state index is -0.952. The number of imide groups is 1. The summed E-state index contributed by atoms with van der Waals surface area (Å²) in [5.41, 5.74) is 0. The van der Waals surface area contributed by atoms with Crippen LogP contribution >= 0.6 is 11.9 Å². The quantitative estimate of drug-likeness (QED) is 0.380. The molecule has 0 saturated heterocycles. The van der Waals surface area contributed by atoms with Gasteiger partial charge in [-0.25, -0.2) is 19.7 Å². The summed E-state index contributed by atoms with van der Waals surface area (Å²) in [7, 11) is 7.12. The van der Waals surface area contributed by atoms with Gasteiger partial charge in [0.1, 0.15) is 5.75 Å². The van der Waals surface area contributed by atoms with Crippen LogP contribution in [0, 0.1) is 5.41 Å². The summed E-state index contributed by atoms with van der Waals surface area (Å²) in [5, 5.41) is 7.80. The smallest absolute Gasteiger partial charge is 0.444 e. The predicted molar refractivity (Wildman–Crippen MR) is 87.4 cm³/mol. The first kappa shape index (κ1) is 18.8. The zero-order chi connectivity index (χ0) is 17.6. The lowest BCUT2D eigenvalue weighted by atomic mass is 10.3. The van der Waals surface area contributed by atoms with E-state index in [0.29, 0.717) is 5.75 Å². The maximum atomic E-state index is 12.5. The van der Waals surface area contributed by atoms with Crippen molar-refractivity contribution in [2.45, 2.75) is 4.90 Å². The van der Waals surface area contributed by atoms with Crippen molar-refractivity contribution in [2.75, 3.05) is 35.4 Å². The van der Waals surface area contributed by atoms with Crippen molar-refractivity contribution in [1.82, 2.24) is 9.62 Å². The Labute approximate surface area is 139 Å². The van der Waals surface area contributed by atoms with E-state index in [2.05, 4.69) is 4.72 Å². The number of carbonyl (C=O) groups is 2. The number of amidine groups is 1. The average Bonchev–Trinajstić information content (AvgIpc) is 2.57. The van der Waals surface area contributed by atoms with Gasteiger partial charge in [0.15, 0.2) is 0 Å². The Morgan fingerprint density at radius 3 is 2.22 bits per heavy atom. The maximum Gasteiger partial charge on any atom is 0.444 e. The van der Waals surface area contributed by atoms with Gasteiger partial charge in [0.25, 0.3) is 0 Å². The predicted octanol–water partition coefficient (Wildman–Crippen LogP) is 2.12. The molecule has 0 saturated carbocycles. The fourth-order valence-electron chi connectivity index (χ4n) is 1.69. The molecule has 4 amide bonds. The van der Waals surface area contributed by atoms with Crippen LogP contribution in [0.5, 0.6) is 5.75 Å². The van der Waals surface area contributed by atoms with Crippen molar-refractivity contribution in [3.8, 4) is 5.75 Å². The number of methoxy groups -OCH3 is 2. The molecule has 0 aliphatic rings. The number of hydrogen-bond donors (Lipinski definition) is 2. The Bertz CT molecular complexity index is 591. The van der Waals surface area contributed by atoms with Crippen molar-refractivity contribution in [1.29, 1.82) is 5.41 Å². The number of benzene rings is 1. The summed E-state index contributed by atoms with van der Waals surface area (Å²) in [5.74, 6) is 0.699. The van der Waals surface area contributed by atoms with Crippen LogP contribution in [-0.2, 0) is 4.74 Å². The van der Waals surface area contributed by atoms with E-state index in [1.54, 1.807) is 31.4 Å². The first-order chi connectivity index (χ1) is 10.8. The first-order valence-electron chi connectivity index (χ1n) is 6.60. The molecule has 8 nitrogen and oxygen atoms in total. The Kier molecular flexibility index (Phi) is 6.40. The molecule has 23 heavy (non-hydrogen) atoms. The minimum Gasteiger partial charge on any atom is -0.497 e. The number of nitrogens with zero attached hydrogens (tertiary/aromatic N) is 2.